The molecule has 0 N–H and O–H groups in total. The summed E-state index contributed by atoms with van der Waals surface area (Å²) >= 11 is 0. The number of aryl methyl sites for hydroxylation is 1. The highest BCUT2D eigenvalue weighted by Gasteiger charge is 2.24. The van der Waals surface area contributed by atoms with Gasteiger partial charge in [0, 0.05) is 42.2 Å². The Morgan fingerprint density at radius 2 is 1.76 bits per heavy atom. The van der Waals surface area contributed by atoms with Gasteiger partial charge in [0.25, 0.3) is 0 Å². The number of pyridine rings is 1. The maximum absolute atomic E-state index is 12.8. The van der Waals surface area contributed by atoms with E-state index in [1.54, 1.807) is 6.20 Å². The lowest BCUT2D eigenvalue weighted by atomic mass is 9.85. The van der Waals surface area contributed by atoms with Crippen LogP contribution in [0.4, 0.5) is 0 Å². The number of nitrogens with zero attached hydrogens (tertiary/aromatic N) is 3. The first-order valence-corrected chi connectivity index (χ1v) is 12.9. The van der Waals surface area contributed by atoms with E-state index >= 15 is 0 Å². The zero-order valence-electron chi connectivity index (χ0n) is 20.7. The lowest BCUT2D eigenvalue weighted by molar-refractivity contribution is 0.0972. The van der Waals surface area contributed by atoms with Gasteiger partial charge in [0.1, 0.15) is 11.9 Å². The van der Waals surface area contributed by atoms with E-state index in [1.807, 2.05) is 65.9 Å². The first-order valence-electron chi connectivity index (χ1n) is 12.9. The topological polar surface area (TPSA) is 57.0 Å². The molecule has 0 bridgehead atoms. The molecule has 0 fully saturated rings. The number of Topliss-reactive ketones (excluding diaryl/α,β-unsaturated/α-hetero) is 1. The van der Waals surface area contributed by atoms with Gasteiger partial charge in [-0.15, -0.1) is 0 Å². The van der Waals surface area contributed by atoms with Crippen molar-refractivity contribution in [1.29, 1.82) is 0 Å². The Balaban J connectivity index is 1.37. The Labute approximate surface area is 216 Å². The molecule has 0 amide bonds. The Kier molecular flexibility index (Phi) is 6.51. The molecular formula is C32H29N3O2. The van der Waals surface area contributed by atoms with E-state index in [0.717, 1.165) is 59.1 Å². The Bertz CT molecular complexity index is 1520. The number of carbonyl (C=O) groups excluding carboxylic acids is 1. The summed E-state index contributed by atoms with van der Waals surface area (Å²) in [4.78, 5) is 21.5. The molecule has 6 rings (SSSR count). The minimum Gasteiger partial charge on any atom is -0.484 e. The van der Waals surface area contributed by atoms with Gasteiger partial charge in [-0.25, -0.2) is 4.98 Å². The first-order chi connectivity index (χ1) is 18.3. The van der Waals surface area contributed by atoms with Crippen LogP contribution in [0.1, 0.15) is 51.6 Å². The second-order valence-electron chi connectivity index (χ2n) is 9.64. The van der Waals surface area contributed by atoms with E-state index < -0.39 is 0 Å². The summed E-state index contributed by atoms with van der Waals surface area (Å²) in [6, 6.07) is 22.7. The van der Waals surface area contributed by atoms with Gasteiger partial charge in [0.15, 0.2) is 5.78 Å². The average molecular weight is 488 g/mol. The van der Waals surface area contributed by atoms with Crippen LogP contribution in [-0.4, -0.2) is 20.3 Å². The monoisotopic (exact) mass is 487 g/mol. The minimum absolute atomic E-state index is 0.189. The highest BCUT2D eigenvalue weighted by atomic mass is 16.5. The summed E-state index contributed by atoms with van der Waals surface area (Å²) in [5.41, 5.74) is 5.47. The number of ether oxygens (including phenoxy) is 1. The molecule has 0 saturated heterocycles. The van der Waals surface area contributed by atoms with Gasteiger partial charge in [-0.3, -0.25) is 9.78 Å². The van der Waals surface area contributed by atoms with E-state index in [1.165, 1.54) is 10.9 Å². The van der Waals surface area contributed by atoms with E-state index in [9.17, 15) is 4.79 Å². The van der Waals surface area contributed by atoms with Gasteiger partial charge in [0.05, 0.1) is 12.9 Å². The van der Waals surface area contributed by atoms with Gasteiger partial charge in [-0.05, 0) is 65.5 Å². The average Bonchev–Trinajstić information content (AvgIpc) is 3.46. The summed E-state index contributed by atoms with van der Waals surface area (Å²) < 4.78 is 8.85. The Hall–Kier alpha value is -4.25. The van der Waals surface area contributed by atoms with Gasteiger partial charge < -0.3 is 9.30 Å². The maximum Gasteiger partial charge on any atom is 0.163 e. The number of rotatable bonds is 8. The number of hydrogen-bond acceptors (Lipinski definition) is 4. The number of ketones is 1. The van der Waals surface area contributed by atoms with Crippen LogP contribution in [0.15, 0.2) is 97.8 Å². The number of hydrogen-bond donors (Lipinski definition) is 0. The van der Waals surface area contributed by atoms with Crippen LogP contribution in [0.25, 0.3) is 10.8 Å². The fraction of sp³-hybridized carbons (Fsp3) is 0.219. The summed E-state index contributed by atoms with van der Waals surface area (Å²) in [6.45, 7) is 0.646. The summed E-state index contributed by atoms with van der Waals surface area (Å²) in [6.07, 6.45) is 13.3. The summed E-state index contributed by atoms with van der Waals surface area (Å²) in [7, 11) is 0. The molecule has 5 heteroatoms. The molecular weight excluding hydrogens is 458 g/mol. The van der Waals surface area contributed by atoms with Gasteiger partial charge in [-0.1, -0.05) is 54.6 Å². The van der Waals surface area contributed by atoms with E-state index in [-0.39, 0.29) is 11.9 Å². The predicted octanol–water partition coefficient (Wildman–Crippen LogP) is 6.56. The first kappa shape index (κ1) is 23.2. The van der Waals surface area contributed by atoms with Gasteiger partial charge in [-0.2, -0.15) is 0 Å². The molecule has 0 aliphatic heterocycles. The van der Waals surface area contributed by atoms with Crippen LogP contribution in [0, 0.1) is 0 Å². The fourth-order valence-corrected chi connectivity index (χ4v) is 5.42. The van der Waals surface area contributed by atoms with Gasteiger partial charge in [0.2, 0.25) is 0 Å². The van der Waals surface area contributed by atoms with Crippen molar-refractivity contribution in [3.8, 4) is 5.75 Å². The molecule has 1 aliphatic carbocycles. The smallest absolute Gasteiger partial charge is 0.163 e. The minimum atomic E-state index is -0.189. The largest absolute Gasteiger partial charge is 0.484 e. The van der Waals surface area contributed by atoms with Crippen molar-refractivity contribution in [3.63, 3.8) is 0 Å². The standard InChI is InChI=1S/C32H29N3O2/c36-30-12-6-11-27-28(30)15-16-31(29(27)14-13-25-20-34-19-24-9-4-5-10-26(24)25)37-32(21-35-18-17-33-22-35)23-7-2-1-3-8-23/h1-5,7-10,15-20,22,32H,6,11-14,21H2. The Morgan fingerprint density at radius 3 is 2.62 bits per heavy atom. The molecule has 0 radical (unpaired) electrons. The third kappa shape index (κ3) is 4.90. The molecule has 184 valence electrons. The molecule has 5 aromatic rings. The third-order valence-electron chi connectivity index (χ3n) is 7.29. The van der Waals surface area contributed by atoms with Crippen LogP contribution >= 0.6 is 0 Å². The number of fused-ring (bicyclic) bond motifs is 2. The normalized spacial score (nSPS) is 13.9. The van der Waals surface area contributed by atoms with Crippen molar-refractivity contribution < 1.29 is 9.53 Å². The third-order valence-corrected chi connectivity index (χ3v) is 7.29. The predicted molar refractivity (Wildman–Crippen MR) is 145 cm³/mol. The molecule has 1 unspecified atom stereocenters. The molecule has 3 aromatic carbocycles. The number of carbonyl (C=O) groups is 1. The van der Waals surface area contributed by atoms with Crippen LogP contribution in [0.5, 0.6) is 5.75 Å². The van der Waals surface area contributed by atoms with Crippen LogP contribution in [-0.2, 0) is 25.8 Å². The van der Waals surface area contributed by atoms with Crippen molar-refractivity contribution in [2.45, 2.75) is 44.8 Å². The van der Waals surface area contributed by atoms with Crippen molar-refractivity contribution in [2.75, 3.05) is 0 Å². The zero-order valence-corrected chi connectivity index (χ0v) is 20.7. The van der Waals surface area contributed by atoms with Crippen molar-refractivity contribution in [1.82, 2.24) is 14.5 Å². The van der Waals surface area contributed by atoms with Crippen molar-refractivity contribution in [3.05, 3.63) is 126 Å². The van der Waals surface area contributed by atoms with Crippen molar-refractivity contribution in [2.24, 2.45) is 0 Å². The Morgan fingerprint density at radius 1 is 0.892 bits per heavy atom. The van der Waals surface area contributed by atoms with E-state index in [2.05, 4.69) is 40.3 Å². The molecule has 0 spiro atoms. The molecule has 2 heterocycles. The highest BCUT2D eigenvalue weighted by Crippen LogP contribution is 2.35. The van der Waals surface area contributed by atoms with Crippen molar-refractivity contribution >= 4 is 16.6 Å². The summed E-state index contributed by atoms with van der Waals surface area (Å²) in [5.74, 6) is 1.09. The van der Waals surface area contributed by atoms with E-state index in [4.69, 9.17) is 4.74 Å². The van der Waals surface area contributed by atoms with Crippen LogP contribution in [0.3, 0.4) is 0 Å². The van der Waals surface area contributed by atoms with Gasteiger partial charge >= 0.3 is 0 Å². The lowest BCUT2D eigenvalue weighted by Crippen LogP contribution is -2.18. The summed E-state index contributed by atoms with van der Waals surface area (Å²) in [5, 5.41) is 2.37. The second kappa shape index (κ2) is 10.4. The number of benzene rings is 3. The number of aromatic nitrogens is 3. The number of imidazole rings is 1. The molecule has 1 aliphatic rings. The van der Waals surface area contributed by atoms with Crippen LogP contribution in [0.2, 0.25) is 0 Å². The zero-order chi connectivity index (χ0) is 25.0. The second-order valence-corrected chi connectivity index (χ2v) is 9.64. The maximum atomic E-state index is 12.8. The fourth-order valence-electron chi connectivity index (χ4n) is 5.42. The SMILES string of the molecule is O=C1CCCc2c1ccc(OC(Cn1ccnc1)c1ccccc1)c2CCc1cncc2ccccc12. The molecule has 1 atom stereocenters. The van der Waals surface area contributed by atoms with E-state index in [0.29, 0.717) is 13.0 Å². The molecule has 5 nitrogen and oxygen atoms in total. The molecule has 0 saturated carbocycles. The lowest BCUT2D eigenvalue weighted by Gasteiger charge is -2.26. The molecule has 2 aromatic heterocycles. The van der Waals surface area contributed by atoms with Crippen LogP contribution < -0.4 is 4.74 Å². The molecule has 37 heavy (non-hydrogen) atoms. The highest BCUT2D eigenvalue weighted by molar-refractivity contribution is 5.99. The quantitative estimate of drug-likeness (QED) is 0.249.